The number of rotatable bonds is 3. The molecule has 1 aromatic heterocycles. The standard InChI is InChI=1S/C15H21N3O2/c19-15-18(7-2-10-20-15)14-4-8-17(9-5-14)12-13-3-1-6-16-11-13/h1,3,6,11,14H,2,4-5,7-10,12H2. The maximum atomic E-state index is 11.7. The highest BCUT2D eigenvalue weighted by Crippen LogP contribution is 2.21. The number of carbonyl (C=O) groups excluding carboxylic acids is 1. The first kappa shape index (κ1) is 13.4. The summed E-state index contributed by atoms with van der Waals surface area (Å²) in [6.07, 6.45) is 6.64. The zero-order chi connectivity index (χ0) is 13.8. The molecule has 0 bridgehead atoms. The highest BCUT2D eigenvalue weighted by Gasteiger charge is 2.30. The topological polar surface area (TPSA) is 45.7 Å². The van der Waals surface area contributed by atoms with Crippen molar-refractivity contribution in [1.29, 1.82) is 0 Å². The molecule has 1 amide bonds. The molecule has 0 aromatic carbocycles. The molecule has 2 aliphatic heterocycles. The molecule has 1 aromatic rings. The van der Waals surface area contributed by atoms with Gasteiger partial charge < -0.3 is 9.64 Å². The van der Waals surface area contributed by atoms with Crippen molar-refractivity contribution in [2.75, 3.05) is 26.2 Å². The predicted molar refractivity (Wildman–Crippen MR) is 75.2 cm³/mol. The van der Waals surface area contributed by atoms with Gasteiger partial charge in [0, 0.05) is 44.6 Å². The van der Waals surface area contributed by atoms with E-state index in [1.807, 2.05) is 17.2 Å². The molecule has 0 aliphatic carbocycles. The average molecular weight is 275 g/mol. The molecular formula is C15H21N3O2. The van der Waals surface area contributed by atoms with Crippen molar-refractivity contribution in [2.45, 2.75) is 31.8 Å². The van der Waals surface area contributed by atoms with Gasteiger partial charge in [-0.2, -0.15) is 0 Å². The number of ether oxygens (including phenoxy) is 1. The summed E-state index contributed by atoms with van der Waals surface area (Å²) < 4.78 is 5.13. The summed E-state index contributed by atoms with van der Waals surface area (Å²) in [6.45, 7) is 4.44. The molecule has 5 nitrogen and oxygen atoms in total. The van der Waals surface area contributed by atoms with Gasteiger partial charge in [0.2, 0.25) is 0 Å². The Hall–Kier alpha value is -1.62. The van der Waals surface area contributed by atoms with E-state index in [2.05, 4.69) is 16.0 Å². The number of likely N-dealkylation sites (tertiary alicyclic amines) is 1. The van der Waals surface area contributed by atoms with Crippen LogP contribution < -0.4 is 0 Å². The fourth-order valence-corrected chi connectivity index (χ4v) is 3.04. The molecule has 0 N–H and O–H groups in total. The van der Waals surface area contributed by atoms with Crippen LogP contribution >= 0.6 is 0 Å². The van der Waals surface area contributed by atoms with Crippen LogP contribution in [0.2, 0.25) is 0 Å². The number of amides is 1. The fourth-order valence-electron chi connectivity index (χ4n) is 3.04. The molecule has 3 heterocycles. The Morgan fingerprint density at radius 3 is 2.85 bits per heavy atom. The van der Waals surface area contributed by atoms with E-state index >= 15 is 0 Å². The summed E-state index contributed by atoms with van der Waals surface area (Å²) in [7, 11) is 0. The third-order valence-corrected chi connectivity index (χ3v) is 4.13. The van der Waals surface area contributed by atoms with E-state index in [0.717, 1.165) is 45.4 Å². The minimum Gasteiger partial charge on any atom is -0.449 e. The second-order valence-corrected chi connectivity index (χ2v) is 5.53. The zero-order valence-electron chi connectivity index (χ0n) is 11.7. The van der Waals surface area contributed by atoms with Crippen LogP contribution in [0.15, 0.2) is 24.5 Å². The van der Waals surface area contributed by atoms with Crippen molar-refractivity contribution in [2.24, 2.45) is 0 Å². The van der Waals surface area contributed by atoms with E-state index in [0.29, 0.717) is 12.6 Å². The molecule has 0 atom stereocenters. The predicted octanol–water partition coefficient (Wildman–Crippen LogP) is 1.89. The number of aromatic nitrogens is 1. The Morgan fingerprint density at radius 1 is 1.30 bits per heavy atom. The van der Waals surface area contributed by atoms with E-state index in [-0.39, 0.29) is 6.09 Å². The lowest BCUT2D eigenvalue weighted by Crippen LogP contribution is -2.49. The lowest BCUT2D eigenvalue weighted by Gasteiger charge is -2.39. The third kappa shape index (κ3) is 3.10. The van der Waals surface area contributed by atoms with Crippen molar-refractivity contribution in [3.05, 3.63) is 30.1 Å². The Labute approximate surface area is 119 Å². The van der Waals surface area contributed by atoms with Crippen LogP contribution in [-0.4, -0.2) is 53.2 Å². The monoisotopic (exact) mass is 275 g/mol. The summed E-state index contributed by atoms with van der Waals surface area (Å²) in [4.78, 5) is 20.3. The lowest BCUT2D eigenvalue weighted by molar-refractivity contribution is 0.0368. The molecule has 0 unspecified atom stereocenters. The zero-order valence-corrected chi connectivity index (χ0v) is 11.7. The molecule has 5 heteroatoms. The largest absolute Gasteiger partial charge is 0.449 e. The van der Waals surface area contributed by atoms with Gasteiger partial charge in [-0.3, -0.25) is 9.88 Å². The minimum absolute atomic E-state index is 0.123. The first-order valence-corrected chi connectivity index (χ1v) is 7.37. The number of pyridine rings is 1. The van der Waals surface area contributed by atoms with Crippen LogP contribution in [0.4, 0.5) is 4.79 Å². The van der Waals surface area contributed by atoms with Crippen LogP contribution in [0, 0.1) is 0 Å². The van der Waals surface area contributed by atoms with E-state index in [9.17, 15) is 4.79 Å². The van der Waals surface area contributed by atoms with Crippen LogP contribution in [-0.2, 0) is 11.3 Å². The average Bonchev–Trinajstić information content (AvgIpc) is 2.50. The Morgan fingerprint density at radius 2 is 2.15 bits per heavy atom. The van der Waals surface area contributed by atoms with Gasteiger partial charge in [0.25, 0.3) is 0 Å². The van der Waals surface area contributed by atoms with Crippen molar-refractivity contribution >= 4 is 6.09 Å². The maximum absolute atomic E-state index is 11.7. The molecular weight excluding hydrogens is 254 g/mol. The Bertz CT molecular complexity index is 444. The van der Waals surface area contributed by atoms with Gasteiger partial charge in [0.15, 0.2) is 0 Å². The second-order valence-electron chi connectivity index (χ2n) is 5.53. The van der Waals surface area contributed by atoms with Crippen molar-refractivity contribution < 1.29 is 9.53 Å². The Kier molecular flexibility index (Phi) is 4.16. The van der Waals surface area contributed by atoms with Gasteiger partial charge in [-0.15, -0.1) is 0 Å². The smallest absolute Gasteiger partial charge is 0.410 e. The summed E-state index contributed by atoms with van der Waals surface area (Å²) in [5, 5.41) is 0. The second kappa shape index (κ2) is 6.22. The van der Waals surface area contributed by atoms with Crippen molar-refractivity contribution in [1.82, 2.24) is 14.8 Å². The van der Waals surface area contributed by atoms with Crippen molar-refractivity contribution in [3.8, 4) is 0 Å². The summed E-state index contributed by atoms with van der Waals surface area (Å²) >= 11 is 0. The van der Waals surface area contributed by atoms with E-state index in [1.165, 1.54) is 5.56 Å². The van der Waals surface area contributed by atoms with Crippen LogP contribution in [0.5, 0.6) is 0 Å². The maximum Gasteiger partial charge on any atom is 0.410 e. The number of hydrogen-bond donors (Lipinski definition) is 0. The molecule has 2 aliphatic rings. The fraction of sp³-hybridized carbons (Fsp3) is 0.600. The van der Waals surface area contributed by atoms with Crippen LogP contribution in [0.1, 0.15) is 24.8 Å². The molecule has 0 saturated carbocycles. The lowest BCUT2D eigenvalue weighted by atomic mass is 10.0. The summed E-state index contributed by atoms with van der Waals surface area (Å²) in [6, 6.07) is 4.44. The van der Waals surface area contributed by atoms with E-state index in [4.69, 9.17) is 4.74 Å². The summed E-state index contributed by atoms with van der Waals surface area (Å²) in [5.41, 5.74) is 1.25. The highest BCUT2D eigenvalue weighted by atomic mass is 16.6. The first-order valence-electron chi connectivity index (χ1n) is 7.37. The van der Waals surface area contributed by atoms with E-state index < -0.39 is 0 Å². The third-order valence-electron chi connectivity index (χ3n) is 4.13. The number of cyclic esters (lactones) is 1. The normalized spacial score (nSPS) is 21.8. The van der Waals surface area contributed by atoms with Gasteiger partial charge in [-0.05, 0) is 30.9 Å². The number of carbonyl (C=O) groups is 1. The van der Waals surface area contributed by atoms with Gasteiger partial charge >= 0.3 is 6.09 Å². The van der Waals surface area contributed by atoms with Gasteiger partial charge in [-0.1, -0.05) is 6.07 Å². The van der Waals surface area contributed by atoms with Gasteiger partial charge in [0.05, 0.1) is 6.61 Å². The van der Waals surface area contributed by atoms with Crippen molar-refractivity contribution in [3.63, 3.8) is 0 Å². The van der Waals surface area contributed by atoms with Crippen LogP contribution in [0.25, 0.3) is 0 Å². The first-order chi connectivity index (χ1) is 9.83. The molecule has 108 valence electrons. The number of nitrogens with zero attached hydrogens (tertiary/aromatic N) is 3. The Balaban J connectivity index is 1.50. The number of hydrogen-bond acceptors (Lipinski definition) is 4. The molecule has 3 rings (SSSR count). The van der Waals surface area contributed by atoms with Gasteiger partial charge in [-0.25, -0.2) is 4.79 Å². The summed E-state index contributed by atoms with van der Waals surface area (Å²) in [5.74, 6) is 0. The quantitative estimate of drug-likeness (QED) is 0.845. The van der Waals surface area contributed by atoms with Gasteiger partial charge in [0.1, 0.15) is 0 Å². The van der Waals surface area contributed by atoms with Crippen LogP contribution in [0.3, 0.4) is 0 Å². The molecule has 2 fully saturated rings. The molecule has 20 heavy (non-hydrogen) atoms. The van der Waals surface area contributed by atoms with E-state index in [1.54, 1.807) is 6.20 Å². The number of piperidine rings is 1. The molecule has 2 saturated heterocycles. The molecule has 0 spiro atoms. The minimum atomic E-state index is -0.123. The SMILES string of the molecule is O=C1OCCCN1C1CCN(Cc2cccnc2)CC1. The highest BCUT2D eigenvalue weighted by molar-refractivity contribution is 5.68. The molecule has 0 radical (unpaired) electrons.